The number of rotatable bonds is 3. The zero-order valence-corrected chi connectivity index (χ0v) is 8.99. The highest BCUT2D eigenvalue weighted by Crippen LogP contribution is 2.28. The van der Waals surface area contributed by atoms with Crippen LogP contribution in [0.2, 0.25) is 0 Å². The third-order valence-corrected chi connectivity index (χ3v) is 4.03. The molecule has 0 N–H and O–H groups in total. The number of pyridine rings is 1. The maximum Gasteiger partial charge on any atom is 0.256 e. The summed E-state index contributed by atoms with van der Waals surface area (Å²) in [6.07, 6.45) is 2.94. The number of nitrogens with zero attached hydrogens (tertiary/aromatic N) is 3. The topological polar surface area (TPSA) is 78.3 Å². The van der Waals surface area contributed by atoms with Gasteiger partial charge in [0.25, 0.3) is 10.2 Å². The van der Waals surface area contributed by atoms with Gasteiger partial charge in [0.2, 0.25) is 4.21 Å². The van der Waals surface area contributed by atoms with Gasteiger partial charge in [0.15, 0.2) is 0 Å². The molecule has 0 fully saturated rings. The average Bonchev–Trinajstić information content (AvgIpc) is 2.78. The molecule has 0 radical (unpaired) electrons. The number of hydrogen-bond acceptors (Lipinski definition) is 6. The summed E-state index contributed by atoms with van der Waals surface area (Å²) in [5.41, 5.74) is 0. The summed E-state index contributed by atoms with van der Waals surface area (Å²) in [7, 11) is 0. The first-order valence-electron chi connectivity index (χ1n) is 3.93. The molecule has 0 aliphatic rings. The second kappa shape index (κ2) is 4.47. The van der Waals surface area contributed by atoms with Crippen molar-refractivity contribution in [2.24, 2.45) is 5.18 Å². The van der Waals surface area contributed by atoms with E-state index in [1.54, 1.807) is 24.4 Å². The lowest BCUT2D eigenvalue weighted by Gasteiger charge is -2.03. The Labute approximate surface area is 92.4 Å². The van der Waals surface area contributed by atoms with Crippen molar-refractivity contribution in [1.29, 1.82) is 0 Å². The van der Waals surface area contributed by atoms with Gasteiger partial charge in [0.05, 0.1) is 17.4 Å². The highest BCUT2D eigenvalue weighted by molar-refractivity contribution is 7.93. The van der Waals surface area contributed by atoms with E-state index in [4.69, 9.17) is 0 Å². The molecule has 0 aliphatic heterocycles. The second-order valence-electron chi connectivity index (χ2n) is 2.49. The van der Waals surface area contributed by atoms with Gasteiger partial charge in [0.1, 0.15) is 0 Å². The SMILES string of the molecule is O=Nc1ncc([S+]([O-])c2ccccn2)s1. The normalized spacial score (nSPS) is 12.3. The van der Waals surface area contributed by atoms with Gasteiger partial charge in [-0.3, -0.25) is 0 Å². The molecule has 15 heavy (non-hydrogen) atoms. The van der Waals surface area contributed by atoms with Crippen LogP contribution in [0.15, 0.2) is 45.0 Å². The van der Waals surface area contributed by atoms with E-state index < -0.39 is 11.2 Å². The summed E-state index contributed by atoms with van der Waals surface area (Å²) in [6, 6.07) is 5.15. The van der Waals surface area contributed by atoms with Crippen LogP contribution in [-0.4, -0.2) is 14.5 Å². The fourth-order valence-corrected chi connectivity index (χ4v) is 2.86. The lowest BCUT2D eigenvalue weighted by molar-refractivity contribution is 0.593. The van der Waals surface area contributed by atoms with Gasteiger partial charge in [-0.05, 0) is 17.4 Å². The van der Waals surface area contributed by atoms with Crippen molar-refractivity contribution in [1.82, 2.24) is 9.97 Å². The maximum atomic E-state index is 11.9. The van der Waals surface area contributed by atoms with Gasteiger partial charge >= 0.3 is 0 Å². The molecule has 7 heteroatoms. The van der Waals surface area contributed by atoms with Crippen molar-refractivity contribution in [3.05, 3.63) is 35.5 Å². The van der Waals surface area contributed by atoms with Gasteiger partial charge < -0.3 is 4.55 Å². The predicted octanol–water partition coefficient (Wildman–Crippen LogP) is 2.10. The minimum Gasteiger partial charge on any atom is -0.605 e. The summed E-state index contributed by atoms with van der Waals surface area (Å²) >= 11 is -0.376. The fraction of sp³-hybridized carbons (Fsp3) is 0. The summed E-state index contributed by atoms with van der Waals surface area (Å²) in [5.74, 6) is 0. The molecule has 0 saturated heterocycles. The summed E-state index contributed by atoms with van der Waals surface area (Å²) in [4.78, 5) is 17.8. The predicted molar refractivity (Wildman–Crippen MR) is 56.5 cm³/mol. The molecule has 2 aromatic rings. The molecule has 2 heterocycles. The molecule has 0 saturated carbocycles. The largest absolute Gasteiger partial charge is 0.605 e. The van der Waals surface area contributed by atoms with Gasteiger partial charge in [0, 0.05) is 17.4 Å². The Morgan fingerprint density at radius 3 is 2.87 bits per heavy atom. The van der Waals surface area contributed by atoms with E-state index in [0.29, 0.717) is 9.24 Å². The Balaban J connectivity index is 2.28. The number of aromatic nitrogens is 2. The number of thiazole rings is 1. The molecule has 0 aliphatic carbocycles. The van der Waals surface area contributed by atoms with Gasteiger partial charge in [-0.2, -0.15) is 0 Å². The van der Waals surface area contributed by atoms with Crippen molar-refractivity contribution in [3.8, 4) is 0 Å². The Hall–Kier alpha value is -1.31. The molecule has 76 valence electrons. The highest BCUT2D eigenvalue weighted by atomic mass is 32.2. The highest BCUT2D eigenvalue weighted by Gasteiger charge is 2.19. The van der Waals surface area contributed by atoms with Crippen LogP contribution < -0.4 is 0 Å². The Kier molecular flexibility index (Phi) is 3.05. The standard InChI is InChI=1S/C8H5N3O2S2/c12-11-8-10-5-7(14-8)15(13)6-3-1-2-4-9-6/h1-5H. The molecule has 2 aromatic heterocycles. The zero-order chi connectivity index (χ0) is 10.7. The van der Waals surface area contributed by atoms with Crippen LogP contribution in [0.1, 0.15) is 0 Å². The van der Waals surface area contributed by atoms with Crippen LogP contribution >= 0.6 is 11.3 Å². The Morgan fingerprint density at radius 1 is 1.40 bits per heavy atom. The van der Waals surface area contributed by atoms with E-state index in [1.807, 2.05) is 0 Å². The third kappa shape index (κ3) is 2.20. The first-order valence-corrected chi connectivity index (χ1v) is 5.90. The van der Waals surface area contributed by atoms with E-state index >= 15 is 0 Å². The van der Waals surface area contributed by atoms with Crippen molar-refractivity contribution in [2.75, 3.05) is 0 Å². The van der Waals surface area contributed by atoms with Crippen LogP contribution in [0, 0.1) is 4.91 Å². The van der Waals surface area contributed by atoms with E-state index in [0.717, 1.165) is 11.3 Å². The van der Waals surface area contributed by atoms with Crippen molar-refractivity contribution in [2.45, 2.75) is 9.24 Å². The molecule has 2 rings (SSSR count). The molecular weight excluding hydrogens is 234 g/mol. The third-order valence-electron chi connectivity index (χ3n) is 1.56. The van der Waals surface area contributed by atoms with Crippen LogP contribution in [0.25, 0.3) is 0 Å². The molecule has 5 nitrogen and oxygen atoms in total. The van der Waals surface area contributed by atoms with Crippen molar-refractivity contribution < 1.29 is 4.55 Å². The minimum absolute atomic E-state index is 0.0780. The minimum atomic E-state index is -1.38. The molecular formula is C8H5N3O2S2. The zero-order valence-electron chi connectivity index (χ0n) is 7.36. The summed E-state index contributed by atoms with van der Waals surface area (Å²) < 4.78 is 12.3. The quantitative estimate of drug-likeness (QED) is 0.607. The van der Waals surface area contributed by atoms with Crippen LogP contribution in [0.4, 0.5) is 5.13 Å². The molecule has 0 spiro atoms. The van der Waals surface area contributed by atoms with Crippen LogP contribution in [0.3, 0.4) is 0 Å². The smallest absolute Gasteiger partial charge is 0.256 e. The van der Waals surface area contributed by atoms with Gasteiger partial charge in [-0.1, -0.05) is 6.07 Å². The van der Waals surface area contributed by atoms with E-state index in [2.05, 4.69) is 15.1 Å². The summed E-state index contributed by atoms with van der Waals surface area (Å²) in [5, 5.41) is 3.19. The molecule has 1 atom stereocenters. The average molecular weight is 239 g/mol. The van der Waals surface area contributed by atoms with Gasteiger partial charge in [-0.15, -0.1) is 4.91 Å². The lowest BCUT2D eigenvalue weighted by atomic mass is 10.5. The molecule has 0 aromatic carbocycles. The van der Waals surface area contributed by atoms with Gasteiger partial charge in [-0.25, -0.2) is 9.97 Å². The maximum absolute atomic E-state index is 11.9. The fourth-order valence-electron chi connectivity index (χ4n) is 0.938. The first-order chi connectivity index (χ1) is 7.31. The van der Waals surface area contributed by atoms with E-state index in [1.165, 1.54) is 6.20 Å². The van der Waals surface area contributed by atoms with Crippen molar-refractivity contribution >= 4 is 27.6 Å². The monoisotopic (exact) mass is 239 g/mol. The van der Waals surface area contributed by atoms with Crippen molar-refractivity contribution in [3.63, 3.8) is 0 Å². The van der Waals surface area contributed by atoms with E-state index in [9.17, 15) is 9.46 Å². The molecule has 0 bridgehead atoms. The lowest BCUT2D eigenvalue weighted by Crippen LogP contribution is -2.01. The molecule has 0 amide bonds. The molecule has 1 unspecified atom stereocenters. The second-order valence-corrected chi connectivity index (χ2v) is 5.15. The van der Waals surface area contributed by atoms with E-state index in [-0.39, 0.29) is 5.13 Å². The summed E-state index contributed by atoms with van der Waals surface area (Å²) in [6.45, 7) is 0. The number of nitroso groups, excluding NO2 is 1. The van der Waals surface area contributed by atoms with Crippen LogP contribution in [-0.2, 0) is 11.2 Å². The first kappa shape index (κ1) is 10.2. The van der Waals surface area contributed by atoms with Crippen LogP contribution in [0.5, 0.6) is 0 Å². The Bertz CT molecular complexity index is 460. The Morgan fingerprint density at radius 2 is 2.27 bits per heavy atom. The number of hydrogen-bond donors (Lipinski definition) is 0.